The van der Waals surface area contributed by atoms with E-state index in [2.05, 4.69) is 0 Å². The van der Waals surface area contributed by atoms with Gasteiger partial charge >= 0.3 is 0 Å². The lowest BCUT2D eigenvalue weighted by Crippen LogP contribution is -2.22. The summed E-state index contributed by atoms with van der Waals surface area (Å²) in [7, 11) is -2.72. The van der Waals surface area contributed by atoms with Crippen molar-refractivity contribution in [3.63, 3.8) is 0 Å². The second-order valence-electron chi connectivity index (χ2n) is 3.48. The predicted octanol–water partition coefficient (Wildman–Crippen LogP) is 0.750. The molecule has 0 aromatic heterocycles. The van der Waals surface area contributed by atoms with Gasteiger partial charge in [-0.1, -0.05) is 12.2 Å². The van der Waals surface area contributed by atoms with E-state index >= 15 is 0 Å². The van der Waals surface area contributed by atoms with Gasteiger partial charge in [-0.05, 0) is 25.2 Å². The molecule has 1 rings (SSSR count). The molecule has 1 N–H and O–H groups in total. The van der Waals surface area contributed by atoms with Gasteiger partial charge in [0.1, 0.15) is 9.84 Å². The Bertz CT molecular complexity index is 253. The van der Waals surface area contributed by atoms with Crippen molar-refractivity contribution < 1.29 is 13.5 Å². The second-order valence-corrected chi connectivity index (χ2v) is 5.79. The Morgan fingerprint density at radius 3 is 2.38 bits per heavy atom. The van der Waals surface area contributed by atoms with Crippen LogP contribution in [-0.4, -0.2) is 31.6 Å². The largest absolute Gasteiger partial charge is 0.392 e. The number of aliphatic hydroxyl groups is 1. The fraction of sp³-hybridized carbons (Fsp3) is 0.778. The third-order valence-corrected chi connectivity index (χ3v) is 4.13. The standard InChI is InChI=1S/C9H16O3S/c10-6-2-1-3-9-4-7-13(11,12)8-5-9/h1-2,9-10H,3-8H2/b2-1-. The molecule has 1 fully saturated rings. The summed E-state index contributed by atoms with van der Waals surface area (Å²) in [6.07, 6.45) is 6.10. The monoisotopic (exact) mass is 204 g/mol. The lowest BCUT2D eigenvalue weighted by Gasteiger charge is -2.20. The number of hydrogen-bond acceptors (Lipinski definition) is 3. The van der Waals surface area contributed by atoms with Crippen LogP contribution in [0.15, 0.2) is 12.2 Å². The molecule has 0 saturated carbocycles. The first kappa shape index (κ1) is 10.7. The molecule has 1 saturated heterocycles. The lowest BCUT2D eigenvalue weighted by molar-refractivity contribution is 0.341. The SMILES string of the molecule is O=S1(=O)CCC(C/C=C\CO)CC1. The summed E-state index contributed by atoms with van der Waals surface area (Å²) < 4.78 is 22.1. The Labute approximate surface area is 79.4 Å². The number of hydrogen-bond donors (Lipinski definition) is 1. The van der Waals surface area contributed by atoms with Gasteiger partial charge in [-0.15, -0.1) is 0 Å². The van der Waals surface area contributed by atoms with Gasteiger partial charge in [0.05, 0.1) is 18.1 Å². The zero-order valence-corrected chi connectivity index (χ0v) is 8.46. The van der Waals surface area contributed by atoms with Crippen molar-refractivity contribution in [1.29, 1.82) is 0 Å². The van der Waals surface area contributed by atoms with E-state index < -0.39 is 9.84 Å². The van der Waals surface area contributed by atoms with Gasteiger partial charge in [-0.2, -0.15) is 0 Å². The van der Waals surface area contributed by atoms with Crippen molar-refractivity contribution >= 4 is 9.84 Å². The molecule has 3 nitrogen and oxygen atoms in total. The van der Waals surface area contributed by atoms with Crippen LogP contribution in [0.3, 0.4) is 0 Å². The smallest absolute Gasteiger partial charge is 0.150 e. The van der Waals surface area contributed by atoms with Crippen LogP contribution in [0.1, 0.15) is 19.3 Å². The van der Waals surface area contributed by atoms with Gasteiger partial charge in [0.2, 0.25) is 0 Å². The topological polar surface area (TPSA) is 54.4 Å². The van der Waals surface area contributed by atoms with Gasteiger partial charge in [-0.3, -0.25) is 0 Å². The Kier molecular flexibility index (Phi) is 3.93. The molecular formula is C9H16O3S. The van der Waals surface area contributed by atoms with Gasteiger partial charge in [0.25, 0.3) is 0 Å². The van der Waals surface area contributed by atoms with Crippen molar-refractivity contribution in [1.82, 2.24) is 0 Å². The van der Waals surface area contributed by atoms with Crippen molar-refractivity contribution in [2.75, 3.05) is 18.1 Å². The van der Waals surface area contributed by atoms with E-state index in [-0.39, 0.29) is 6.61 Å². The van der Waals surface area contributed by atoms with E-state index in [1.165, 1.54) is 0 Å². The minimum atomic E-state index is -2.72. The van der Waals surface area contributed by atoms with Crippen LogP contribution in [0.4, 0.5) is 0 Å². The maximum Gasteiger partial charge on any atom is 0.150 e. The van der Waals surface area contributed by atoms with Crippen LogP contribution >= 0.6 is 0 Å². The molecule has 0 aliphatic carbocycles. The summed E-state index contributed by atoms with van der Waals surface area (Å²) in [4.78, 5) is 0. The third kappa shape index (κ3) is 3.91. The zero-order valence-electron chi connectivity index (χ0n) is 7.65. The normalized spacial score (nSPS) is 23.8. The summed E-state index contributed by atoms with van der Waals surface area (Å²) in [5.74, 6) is 1.17. The summed E-state index contributed by atoms with van der Waals surface area (Å²) in [6, 6.07) is 0. The maximum absolute atomic E-state index is 11.1. The number of aliphatic hydroxyl groups excluding tert-OH is 1. The van der Waals surface area contributed by atoms with E-state index in [0.29, 0.717) is 17.4 Å². The lowest BCUT2D eigenvalue weighted by atomic mass is 9.99. The van der Waals surface area contributed by atoms with E-state index in [4.69, 9.17) is 5.11 Å². The van der Waals surface area contributed by atoms with E-state index in [9.17, 15) is 8.42 Å². The average molecular weight is 204 g/mol. The highest BCUT2D eigenvalue weighted by molar-refractivity contribution is 7.91. The maximum atomic E-state index is 11.1. The Morgan fingerprint density at radius 2 is 1.85 bits per heavy atom. The zero-order chi connectivity index (χ0) is 9.73. The Morgan fingerprint density at radius 1 is 1.23 bits per heavy atom. The molecule has 1 heterocycles. The fourth-order valence-electron chi connectivity index (χ4n) is 1.54. The first-order chi connectivity index (χ1) is 6.14. The molecular weight excluding hydrogens is 188 g/mol. The second kappa shape index (κ2) is 4.77. The fourth-order valence-corrected chi connectivity index (χ4v) is 3.13. The molecule has 0 aromatic rings. The molecule has 0 bridgehead atoms. The van der Waals surface area contributed by atoms with Crippen LogP contribution in [0.5, 0.6) is 0 Å². The van der Waals surface area contributed by atoms with Crippen LogP contribution in [0.2, 0.25) is 0 Å². The Hall–Kier alpha value is -0.350. The molecule has 4 heteroatoms. The molecule has 1 aliphatic heterocycles. The summed E-state index contributed by atoms with van der Waals surface area (Å²) >= 11 is 0. The minimum Gasteiger partial charge on any atom is -0.392 e. The molecule has 13 heavy (non-hydrogen) atoms. The van der Waals surface area contributed by atoms with Crippen LogP contribution in [-0.2, 0) is 9.84 Å². The van der Waals surface area contributed by atoms with Crippen molar-refractivity contribution in [3.8, 4) is 0 Å². The van der Waals surface area contributed by atoms with Crippen LogP contribution in [0, 0.1) is 5.92 Å². The summed E-state index contributed by atoms with van der Waals surface area (Å²) in [5.41, 5.74) is 0. The number of rotatable bonds is 3. The molecule has 76 valence electrons. The first-order valence-electron chi connectivity index (χ1n) is 4.60. The van der Waals surface area contributed by atoms with Gasteiger partial charge < -0.3 is 5.11 Å². The molecule has 0 spiro atoms. The third-order valence-electron chi connectivity index (χ3n) is 2.42. The van der Waals surface area contributed by atoms with Gasteiger partial charge in [0, 0.05) is 0 Å². The van der Waals surface area contributed by atoms with Crippen LogP contribution in [0.25, 0.3) is 0 Å². The van der Waals surface area contributed by atoms with E-state index in [1.54, 1.807) is 6.08 Å². The number of sulfone groups is 1. The minimum absolute atomic E-state index is 0.0744. The van der Waals surface area contributed by atoms with Crippen molar-refractivity contribution in [2.24, 2.45) is 5.92 Å². The molecule has 0 aromatic carbocycles. The van der Waals surface area contributed by atoms with Crippen molar-refractivity contribution in [2.45, 2.75) is 19.3 Å². The highest BCUT2D eigenvalue weighted by Gasteiger charge is 2.22. The molecule has 0 unspecified atom stereocenters. The quantitative estimate of drug-likeness (QED) is 0.690. The number of allylic oxidation sites excluding steroid dienone is 1. The van der Waals surface area contributed by atoms with Crippen LogP contribution < -0.4 is 0 Å². The van der Waals surface area contributed by atoms with Gasteiger partial charge in [-0.25, -0.2) is 8.42 Å². The molecule has 0 radical (unpaired) electrons. The summed E-state index contributed by atoms with van der Waals surface area (Å²) in [6.45, 7) is 0.0744. The van der Waals surface area contributed by atoms with E-state index in [1.807, 2.05) is 6.08 Å². The highest BCUT2D eigenvalue weighted by Crippen LogP contribution is 2.21. The highest BCUT2D eigenvalue weighted by atomic mass is 32.2. The van der Waals surface area contributed by atoms with E-state index in [0.717, 1.165) is 19.3 Å². The summed E-state index contributed by atoms with van der Waals surface area (Å²) in [5, 5.41) is 8.50. The molecule has 1 aliphatic rings. The average Bonchev–Trinajstić information content (AvgIpc) is 2.08. The van der Waals surface area contributed by atoms with Crippen molar-refractivity contribution in [3.05, 3.63) is 12.2 Å². The first-order valence-corrected chi connectivity index (χ1v) is 6.42. The Balaban J connectivity index is 2.29. The van der Waals surface area contributed by atoms with Gasteiger partial charge in [0.15, 0.2) is 0 Å². The molecule has 0 atom stereocenters. The predicted molar refractivity (Wildman–Crippen MR) is 52.2 cm³/mol. The molecule has 0 amide bonds.